The minimum absolute atomic E-state index is 0.0165. The topological polar surface area (TPSA) is 64.3 Å². The second-order valence-corrected chi connectivity index (χ2v) is 11.6. The van der Waals surface area contributed by atoms with Gasteiger partial charge in [0.05, 0.1) is 27.9 Å². The molecule has 3 aromatic carbocycles. The first-order valence-electron chi connectivity index (χ1n) is 13.9. The molecule has 198 valence electrons. The van der Waals surface area contributed by atoms with Gasteiger partial charge in [-0.05, 0) is 65.6 Å². The van der Waals surface area contributed by atoms with Crippen LogP contribution in [-0.2, 0) is 5.41 Å². The number of fused-ring (bicyclic) bond motifs is 6. The van der Waals surface area contributed by atoms with Crippen LogP contribution in [-0.4, -0.2) is 29.3 Å². The Morgan fingerprint density at radius 3 is 2.10 bits per heavy atom. The zero-order valence-electron chi connectivity index (χ0n) is 23.1. The summed E-state index contributed by atoms with van der Waals surface area (Å²) >= 11 is 0. The van der Waals surface area contributed by atoms with Crippen molar-refractivity contribution in [3.63, 3.8) is 0 Å². The minimum Gasteiger partial charge on any atom is -0.294 e. The van der Waals surface area contributed by atoms with E-state index in [2.05, 4.69) is 131 Å². The van der Waals surface area contributed by atoms with Crippen LogP contribution < -0.4 is 0 Å². The van der Waals surface area contributed by atoms with Crippen molar-refractivity contribution in [1.29, 1.82) is 0 Å². The van der Waals surface area contributed by atoms with E-state index in [4.69, 9.17) is 9.97 Å². The van der Waals surface area contributed by atoms with Gasteiger partial charge in [-0.2, -0.15) is 5.10 Å². The van der Waals surface area contributed by atoms with Gasteiger partial charge in [-0.3, -0.25) is 14.2 Å². The van der Waals surface area contributed by atoms with Crippen molar-refractivity contribution in [2.45, 2.75) is 26.2 Å². The predicted molar refractivity (Wildman–Crippen MR) is 167 cm³/mol. The molecule has 6 nitrogen and oxygen atoms in total. The van der Waals surface area contributed by atoms with Crippen LogP contribution in [0.2, 0.25) is 0 Å². The number of hydrogen-bond acceptors (Lipinski definition) is 3. The summed E-state index contributed by atoms with van der Waals surface area (Å²) in [6.07, 6.45) is 3.68. The van der Waals surface area contributed by atoms with Gasteiger partial charge in [-0.1, -0.05) is 63.2 Å². The molecule has 5 heterocycles. The van der Waals surface area contributed by atoms with E-state index in [-0.39, 0.29) is 5.41 Å². The maximum Gasteiger partial charge on any atom is 0.146 e. The monoisotopic (exact) mass is 532 g/mol. The number of aromatic nitrogens is 6. The van der Waals surface area contributed by atoms with Crippen LogP contribution in [0.5, 0.6) is 0 Å². The Kier molecular flexibility index (Phi) is 4.98. The predicted octanol–water partition coefficient (Wildman–Crippen LogP) is 8.36. The molecule has 6 heteroatoms. The first-order chi connectivity index (χ1) is 20.0. The Labute approximate surface area is 236 Å². The molecule has 0 aliphatic heterocycles. The third-order valence-corrected chi connectivity index (χ3v) is 8.05. The summed E-state index contributed by atoms with van der Waals surface area (Å²) in [7, 11) is 0. The smallest absolute Gasteiger partial charge is 0.146 e. The second-order valence-electron chi connectivity index (χ2n) is 11.6. The van der Waals surface area contributed by atoms with Gasteiger partial charge in [-0.25, -0.2) is 9.97 Å². The molecule has 0 amide bonds. The lowest BCUT2D eigenvalue weighted by molar-refractivity contribution is 0.588. The van der Waals surface area contributed by atoms with Gasteiger partial charge < -0.3 is 0 Å². The fourth-order valence-corrected chi connectivity index (χ4v) is 6.00. The van der Waals surface area contributed by atoms with Gasteiger partial charge in [0.15, 0.2) is 0 Å². The Morgan fingerprint density at radius 1 is 0.634 bits per heavy atom. The SMILES string of the molecule is CC(C)(C)c1ccnc(-n2c3ccccc3c3ccc(-n4c5ccccc5c5ccc(-c6ccn[nH]6)nc54)cc32)c1. The Hall–Kier alpha value is -5.23. The molecule has 0 atom stereocenters. The lowest BCUT2D eigenvalue weighted by atomic mass is 9.88. The fraction of sp³-hybridized carbons (Fsp3) is 0.114. The van der Waals surface area contributed by atoms with E-state index in [0.717, 1.165) is 50.5 Å². The van der Waals surface area contributed by atoms with Gasteiger partial charge in [0.2, 0.25) is 0 Å². The summed E-state index contributed by atoms with van der Waals surface area (Å²) in [6.45, 7) is 6.72. The molecule has 0 aliphatic rings. The molecule has 0 radical (unpaired) electrons. The number of H-pyrrole nitrogens is 1. The van der Waals surface area contributed by atoms with Crippen molar-refractivity contribution in [3.05, 3.63) is 115 Å². The van der Waals surface area contributed by atoms with Gasteiger partial charge in [-0.15, -0.1) is 0 Å². The lowest BCUT2D eigenvalue weighted by Gasteiger charge is -2.20. The van der Waals surface area contributed by atoms with Crippen LogP contribution in [0, 0.1) is 0 Å². The normalized spacial score (nSPS) is 12.3. The lowest BCUT2D eigenvalue weighted by Crippen LogP contribution is -2.12. The standard InChI is InChI=1S/C35H28N6/c1-35(2,3)22-16-18-36-33(20-22)41-31-11-7-4-8-24(31)26-13-12-23(21-32(26)41)40-30-10-6-5-9-25(30)27-14-15-28(38-34(27)40)29-17-19-37-39-29/h4-21H,1-3H3,(H,37,39). The van der Waals surface area contributed by atoms with E-state index < -0.39 is 0 Å². The number of rotatable bonds is 3. The molecule has 5 aromatic heterocycles. The first-order valence-corrected chi connectivity index (χ1v) is 13.9. The summed E-state index contributed by atoms with van der Waals surface area (Å²) in [4.78, 5) is 10.0. The van der Waals surface area contributed by atoms with Crippen molar-refractivity contribution in [3.8, 4) is 22.9 Å². The number of pyridine rings is 2. The van der Waals surface area contributed by atoms with Crippen LogP contribution in [0.4, 0.5) is 0 Å². The molecule has 0 fully saturated rings. The van der Waals surface area contributed by atoms with Crippen LogP contribution >= 0.6 is 0 Å². The number of nitrogens with one attached hydrogen (secondary N) is 1. The number of benzene rings is 3. The number of nitrogens with zero attached hydrogens (tertiary/aromatic N) is 5. The Bertz CT molecular complexity index is 2240. The molecule has 41 heavy (non-hydrogen) atoms. The Morgan fingerprint density at radius 2 is 1.34 bits per heavy atom. The van der Waals surface area contributed by atoms with Crippen molar-refractivity contribution in [2.75, 3.05) is 0 Å². The van der Waals surface area contributed by atoms with Crippen molar-refractivity contribution < 1.29 is 0 Å². The molecule has 8 aromatic rings. The van der Waals surface area contributed by atoms with Crippen molar-refractivity contribution >= 4 is 43.7 Å². The van der Waals surface area contributed by atoms with E-state index in [1.54, 1.807) is 6.20 Å². The highest BCUT2D eigenvalue weighted by atomic mass is 15.1. The quantitative estimate of drug-likeness (QED) is 0.249. The number of aromatic amines is 1. The molecule has 0 unspecified atom stereocenters. The van der Waals surface area contributed by atoms with E-state index >= 15 is 0 Å². The van der Waals surface area contributed by atoms with E-state index in [1.807, 2.05) is 12.3 Å². The van der Waals surface area contributed by atoms with Crippen LogP contribution in [0.25, 0.3) is 66.6 Å². The highest BCUT2D eigenvalue weighted by Crippen LogP contribution is 2.37. The molecule has 0 aliphatic carbocycles. The molecule has 8 rings (SSSR count). The van der Waals surface area contributed by atoms with E-state index in [0.29, 0.717) is 0 Å². The molecular weight excluding hydrogens is 504 g/mol. The highest BCUT2D eigenvalue weighted by molar-refractivity contribution is 6.11. The van der Waals surface area contributed by atoms with E-state index in [9.17, 15) is 0 Å². The molecule has 0 saturated heterocycles. The van der Waals surface area contributed by atoms with Gasteiger partial charge >= 0.3 is 0 Å². The molecular formula is C35H28N6. The second kappa shape index (κ2) is 8.63. The first kappa shape index (κ1) is 23.6. The maximum atomic E-state index is 5.15. The van der Waals surface area contributed by atoms with Crippen molar-refractivity contribution in [1.82, 2.24) is 29.3 Å². The molecule has 0 saturated carbocycles. The summed E-state index contributed by atoms with van der Waals surface area (Å²) < 4.78 is 4.56. The zero-order valence-corrected chi connectivity index (χ0v) is 23.1. The number of para-hydroxylation sites is 2. The van der Waals surface area contributed by atoms with Crippen LogP contribution in [0.3, 0.4) is 0 Å². The average Bonchev–Trinajstić information content (AvgIpc) is 3.71. The molecule has 1 N–H and O–H groups in total. The summed E-state index contributed by atoms with van der Waals surface area (Å²) in [6, 6.07) is 34.3. The highest BCUT2D eigenvalue weighted by Gasteiger charge is 2.20. The third kappa shape index (κ3) is 3.61. The molecule has 0 spiro atoms. The van der Waals surface area contributed by atoms with Crippen molar-refractivity contribution in [2.24, 2.45) is 0 Å². The third-order valence-electron chi connectivity index (χ3n) is 8.05. The zero-order chi connectivity index (χ0) is 27.7. The van der Waals surface area contributed by atoms with Gasteiger partial charge in [0.1, 0.15) is 11.5 Å². The van der Waals surface area contributed by atoms with Gasteiger partial charge in [0, 0.05) is 39.6 Å². The fourth-order valence-electron chi connectivity index (χ4n) is 6.00. The summed E-state index contributed by atoms with van der Waals surface area (Å²) in [5.41, 5.74) is 8.35. The minimum atomic E-state index is 0.0165. The van der Waals surface area contributed by atoms with Crippen LogP contribution in [0.1, 0.15) is 26.3 Å². The number of hydrogen-bond donors (Lipinski definition) is 1. The summed E-state index contributed by atoms with van der Waals surface area (Å²) in [5.74, 6) is 0.919. The Balaban J connectivity index is 1.44. The summed E-state index contributed by atoms with van der Waals surface area (Å²) in [5, 5.41) is 11.9. The van der Waals surface area contributed by atoms with Crippen LogP contribution in [0.15, 0.2) is 109 Å². The van der Waals surface area contributed by atoms with Gasteiger partial charge in [0.25, 0.3) is 0 Å². The largest absolute Gasteiger partial charge is 0.294 e. The van der Waals surface area contributed by atoms with E-state index in [1.165, 1.54) is 21.7 Å². The maximum absolute atomic E-state index is 5.15. The average molecular weight is 533 g/mol. The molecule has 0 bridgehead atoms.